The van der Waals surface area contributed by atoms with Crippen molar-refractivity contribution in [3.63, 3.8) is 0 Å². The molecule has 0 bridgehead atoms. The number of nitrogens with one attached hydrogen (secondary N) is 1. The summed E-state index contributed by atoms with van der Waals surface area (Å²) in [4.78, 5) is 10.9. The maximum atomic E-state index is 10.9. The monoisotopic (exact) mass is 191 g/mol. The predicted octanol–water partition coefficient (Wildman–Crippen LogP) is 2.18. The Balaban J connectivity index is 2.61. The third-order valence-corrected chi connectivity index (χ3v) is 1.65. The number of carbonyl (C=O) groups is 1. The second-order valence-electron chi connectivity index (χ2n) is 2.84. The third kappa shape index (κ3) is 3.31. The van der Waals surface area contributed by atoms with Gasteiger partial charge in [-0.15, -0.1) is 0 Å². The van der Waals surface area contributed by atoms with Gasteiger partial charge in [0.05, 0.1) is 7.11 Å². The molecule has 0 atom stereocenters. The van der Waals surface area contributed by atoms with Crippen LogP contribution < -0.4 is 5.32 Å². The molecule has 1 aromatic rings. The van der Waals surface area contributed by atoms with Crippen LogP contribution in [0, 0.1) is 0 Å². The Labute approximate surface area is 83.4 Å². The minimum Gasteiger partial charge on any atom is -0.466 e. The van der Waals surface area contributed by atoms with Crippen molar-refractivity contribution in [3.05, 3.63) is 42.1 Å². The first-order valence-electron chi connectivity index (χ1n) is 4.30. The lowest BCUT2D eigenvalue weighted by Gasteiger charge is -2.05. The molecular weight excluding hydrogens is 178 g/mol. The standard InChI is InChI=1S/C11H13NO2/c1-9(8-11(13)14-2)12-10-6-4-3-5-7-10/h3-8,12H,1-2H3/b9-8-. The van der Waals surface area contributed by atoms with Gasteiger partial charge in [0.15, 0.2) is 0 Å². The molecule has 0 saturated carbocycles. The molecule has 0 aliphatic carbocycles. The number of para-hydroxylation sites is 1. The Kier molecular flexibility index (Phi) is 3.73. The zero-order chi connectivity index (χ0) is 10.4. The molecule has 0 fully saturated rings. The van der Waals surface area contributed by atoms with Crippen LogP contribution in [-0.2, 0) is 9.53 Å². The molecule has 1 rings (SSSR count). The maximum Gasteiger partial charge on any atom is 0.332 e. The second-order valence-corrected chi connectivity index (χ2v) is 2.84. The smallest absolute Gasteiger partial charge is 0.332 e. The topological polar surface area (TPSA) is 38.3 Å². The van der Waals surface area contributed by atoms with Gasteiger partial charge in [-0.05, 0) is 19.1 Å². The van der Waals surface area contributed by atoms with Gasteiger partial charge in [-0.25, -0.2) is 4.79 Å². The summed E-state index contributed by atoms with van der Waals surface area (Å²) < 4.78 is 4.50. The number of anilines is 1. The molecular formula is C11H13NO2. The highest BCUT2D eigenvalue weighted by Gasteiger charge is 1.96. The quantitative estimate of drug-likeness (QED) is 0.587. The van der Waals surface area contributed by atoms with E-state index in [0.717, 1.165) is 11.4 Å². The van der Waals surface area contributed by atoms with Gasteiger partial charge < -0.3 is 10.1 Å². The van der Waals surface area contributed by atoms with E-state index in [9.17, 15) is 4.79 Å². The average molecular weight is 191 g/mol. The summed E-state index contributed by atoms with van der Waals surface area (Å²) in [6.45, 7) is 1.81. The highest BCUT2D eigenvalue weighted by atomic mass is 16.5. The number of esters is 1. The van der Waals surface area contributed by atoms with Gasteiger partial charge in [0.2, 0.25) is 0 Å². The number of benzene rings is 1. The summed E-state index contributed by atoms with van der Waals surface area (Å²) in [5.41, 5.74) is 1.70. The molecule has 14 heavy (non-hydrogen) atoms. The first kappa shape index (κ1) is 10.3. The fourth-order valence-electron chi connectivity index (χ4n) is 1.02. The van der Waals surface area contributed by atoms with Crippen LogP contribution in [0.5, 0.6) is 0 Å². The summed E-state index contributed by atoms with van der Waals surface area (Å²) in [5, 5.41) is 3.07. The second kappa shape index (κ2) is 5.07. The lowest BCUT2D eigenvalue weighted by molar-refractivity contribution is -0.134. The lowest BCUT2D eigenvalue weighted by atomic mass is 10.3. The van der Waals surface area contributed by atoms with Crippen LogP contribution in [0.15, 0.2) is 42.1 Å². The first-order chi connectivity index (χ1) is 6.72. The molecule has 0 heterocycles. The molecule has 0 aliphatic heterocycles. The molecule has 3 heteroatoms. The van der Waals surface area contributed by atoms with Crippen molar-refractivity contribution in [2.24, 2.45) is 0 Å². The van der Waals surface area contributed by atoms with Crippen LogP contribution in [0.2, 0.25) is 0 Å². The van der Waals surface area contributed by atoms with Gasteiger partial charge in [-0.2, -0.15) is 0 Å². The molecule has 0 aromatic heterocycles. The summed E-state index contributed by atoms with van der Waals surface area (Å²) >= 11 is 0. The van der Waals surface area contributed by atoms with Gasteiger partial charge in [0.25, 0.3) is 0 Å². The minimum absolute atomic E-state index is 0.356. The van der Waals surface area contributed by atoms with Crippen molar-refractivity contribution in [1.82, 2.24) is 0 Å². The van der Waals surface area contributed by atoms with Crippen molar-refractivity contribution < 1.29 is 9.53 Å². The number of methoxy groups -OCH3 is 1. The van der Waals surface area contributed by atoms with E-state index in [1.807, 2.05) is 37.3 Å². The molecule has 74 valence electrons. The zero-order valence-electron chi connectivity index (χ0n) is 8.28. The van der Waals surface area contributed by atoms with E-state index in [-0.39, 0.29) is 5.97 Å². The SMILES string of the molecule is COC(=O)/C=C(/C)Nc1ccccc1. The Morgan fingerprint density at radius 1 is 1.36 bits per heavy atom. The molecule has 0 amide bonds. The first-order valence-corrected chi connectivity index (χ1v) is 4.30. The summed E-state index contributed by atoms with van der Waals surface area (Å²) in [5.74, 6) is -0.356. The van der Waals surface area contributed by atoms with Crippen molar-refractivity contribution in [1.29, 1.82) is 0 Å². The van der Waals surface area contributed by atoms with E-state index in [1.165, 1.54) is 13.2 Å². The van der Waals surface area contributed by atoms with Crippen molar-refractivity contribution in [2.45, 2.75) is 6.92 Å². The van der Waals surface area contributed by atoms with Crippen molar-refractivity contribution in [3.8, 4) is 0 Å². The molecule has 0 radical (unpaired) electrons. The van der Waals surface area contributed by atoms with Gasteiger partial charge >= 0.3 is 5.97 Å². The molecule has 0 saturated heterocycles. The molecule has 1 N–H and O–H groups in total. The number of rotatable bonds is 3. The third-order valence-electron chi connectivity index (χ3n) is 1.65. The highest BCUT2D eigenvalue weighted by molar-refractivity contribution is 5.83. The predicted molar refractivity (Wildman–Crippen MR) is 55.8 cm³/mol. The Morgan fingerprint density at radius 3 is 2.57 bits per heavy atom. The van der Waals surface area contributed by atoms with Crippen molar-refractivity contribution in [2.75, 3.05) is 12.4 Å². The van der Waals surface area contributed by atoms with Crippen molar-refractivity contribution >= 4 is 11.7 Å². The summed E-state index contributed by atoms with van der Waals surface area (Å²) in [6, 6.07) is 9.63. The fourth-order valence-corrected chi connectivity index (χ4v) is 1.02. The Hall–Kier alpha value is -1.77. The fraction of sp³-hybridized carbons (Fsp3) is 0.182. The van der Waals surface area contributed by atoms with Crippen LogP contribution in [0.4, 0.5) is 5.69 Å². The maximum absolute atomic E-state index is 10.9. The van der Waals surface area contributed by atoms with Gasteiger partial charge in [-0.3, -0.25) is 0 Å². The Morgan fingerprint density at radius 2 is 2.00 bits per heavy atom. The van der Waals surface area contributed by atoms with Crippen LogP contribution in [-0.4, -0.2) is 13.1 Å². The van der Waals surface area contributed by atoms with Gasteiger partial charge in [0, 0.05) is 17.5 Å². The number of hydrogen-bond donors (Lipinski definition) is 1. The van der Waals surface area contributed by atoms with E-state index in [4.69, 9.17) is 0 Å². The van der Waals surface area contributed by atoms with E-state index < -0.39 is 0 Å². The molecule has 1 aromatic carbocycles. The largest absolute Gasteiger partial charge is 0.466 e. The summed E-state index contributed by atoms with van der Waals surface area (Å²) in [6.07, 6.45) is 1.41. The van der Waals surface area contributed by atoms with E-state index in [0.29, 0.717) is 0 Å². The number of ether oxygens (including phenoxy) is 1. The summed E-state index contributed by atoms with van der Waals surface area (Å²) in [7, 11) is 1.36. The molecule has 0 spiro atoms. The molecule has 0 unspecified atom stereocenters. The lowest BCUT2D eigenvalue weighted by Crippen LogP contribution is -2.01. The van der Waals surface area contributed by atoms with E-state index >= 15 is 0 Å². The van der Waals surface area contributed by atoms with Crippen LogP contribution in [0.3, 0.4) is 0 Å². The number of hydrogen-bond acceptors (Lipinski definition) is 3. The minimum atomic E-state index is -0.356. The molecule has 3 nitrogen and oxygen atoms in total. The Bertz CT molecular complexity index is 330. The zero-order valence-corrected chi connectivity index (χ0v) is 8.28. The van der Waals surface area contributed by atoms with Gasteiger partial charge in [-0.1, -0.05) is 18.2 Å². The molecule has 0 aliphatic rings. The average Bonchev–Trinajstić information content (AvgIpc) is 2.19. The van der Waals surface area contributed by atoms with Crippen LogP contribution >= 0.6 is 0 Å². The highest BCUT2D eigenvalue weighted by Crippen LogP contribution is 2.08. The van der Waals surface area contributed by atoms with Crippen LogP contribution in [0.25, 0.3) is 0 Å². The van der Waals surface area contributed by atoms with E-state index in [2.05, 4.69) is 10.1 Å². The van der Waals surface area contributed by atoms with Crippen LogP contribution in [0.1, 0.15) is 6.92 Å². The van der Waals surface area contributed by atoms with E-state index in [1.54, 1.807) is 0 Å². The number of allylic oxidation sites excluding steroid dienone is 1. The van der Waals surface area contributed by atoms with Gasteiger partial charge in [0.1, 0.15) is 0 Å². The normalized spacial score (nSPS) is 10.9. The number of carbonyl (C=O) groups excluding carboxylic acids is 1.